The lowest BCUT2D eigenvalue weighted by molar-refractivity contribution is -0.159. The summed E-state index contributed by atoms with van der Waals surface area (Å²) in [6.45, 7) is 5.65. The van der Waals surface area contributed by atoms with Crippen molar-refractivity contribution in [2.24, 2.45) is 0 Å². The molecule has 1 atom stereocenters. The van der Waals surface area contributed by atoms with Crippen LogP contribution in [-0.4, -0.2) is 82.1 Å². The fraction of sp³-hybridized carbons (Fsp3) is 0.290. The van der Waals surface area contributed by atoms with Crippen LogP contribution in [0.4, 0.5) is 4.39 Å². The Labute approximate surface area is 238 Å². The minimum atomic E-state index is -1.82. The van der Waals surface area contributed by atoms with E-state index in [4.69, 9.17) is 19.8 Å². The van der Waals surface area contributed by atoms with Gasteiger partial charge in [-0.25, -0.2) is 14.0 Å². The molecule has 4 rings (SSSR count). The van der Waals surface area contributed by atoms with E-state index in [1.165, 1.54) is 5.56 Å². The van der Waals surface area contributed by atoms with E-state index < -0.39 is 11.9 Å². The second-order valence-corrected chi connectivity index (χ2v) is 9.47. The van der Waals surface area contributed by atoms with E-state index in [-0.39, 0.29) is 17.8 Å². The largest absolute Gasteiger partial charge is 0.473 e. The number of hydrogen-bond donors (Lipinski definition) is 3. The number of carboxylic acid groups (broad SMARTS) is 2. The molecule has 1 unspecified atom stereocenters. The molecular formula is C31H35FN4O5. The third-order valence-electron chi connectivity index (χ3n) is 6.57. The summed E-state index contributed by atoms with van der Waals surface area (Å²) in [5, 5.41) is 17.7. The topological polar surface area (TPSA) is 123 Å². The Bertz CT molecular complexity index is 1250. The first-order chi connectivity index (χ1) is 19.8. The first-order valence-corrected chi connectivity index (χ1v) is 13.4. The van der Waals surface area contributed by atoms with Gasteiger partial charge in [0.25, 0.3) is 0 Å². The lowest BCUT2D eigenvalue weighted by atomic mass is 9.96. The van der Waals surface area contributed by atoms with Crippen LogP contribution in [0.1, 0.15) is 35.6 Å². The summed E-state index contributed by atoms with van der Waals surface area (Å²) in [7, 11) is 0. The number of hydrogen-bond acceptors (Lipinski definition) is 6. The smallest absolute Gasteiger partial charge is 0.414 e. The van der Waals surface area contributed by atoms with Gasteiger partial charge >= 0.3 is 11.9 Å². The van der Waals surface area contributed by atoms with E-state index >= 15 is 0 Å². The molecule has 2 heterocycles. The van der Waals surface area contributed by atoms with E-state index in [0.717, 1.165) is 56.7 Å². The lowest BCUT2D eigenvalue weighted by Crippen LogP contribution is -2.48. The first kappa shape index (κ1) is 31.1. The van der Waals surface area contributed by atoms with Gasteiger partial charge in [-0.1, -0.05) is 48.5 Å². The number of carboxylic acids is 2. The van der Waals surface area contributed by atoms with Crippen LogP contribution in [0, 0.1) is 5.82 Å². The second-order valence-electron chi connectivity index (χ2n) is 9.47. The van der Waals surface area contributed by atoms with Crippen molar-refractivity contribution in [3.05, 3.63) is 108 Å². The first-order valence-electron chi connectivity index (χ1n) is 13.4. The number of nitrogens with one attached hydrogen (secondary N) is 1. The third-order valence-corrected chi connectivity index (χ3v) is 6.57. The lowest BCUT2D eigenvalue weighted by Gasteiger charge is -2.40. The summed E-state index contributed by atoms with van der Waals surface area (Å²) < 4.78 is 13.5. The Morgan fingerprint density at radius 3 is 2.15 bits per heavy atom. The number of carbonyl (C=O) groups is 3. The second kappa shape index (κ2) is 16.6. The molecule has 0 spiro atoms. The van der Waals surface area contributed by atoms with E-state index in [2.05, 4.69) is 44.4 Å². The highest BCUT2D eigenvalue weighted by molar-refractivity contribution is 6.27. The monoisotopic (exact) mass is 562 g/mol. The van der Waals surface area contributed by atoms with Crippen molar-refractivity contribution in [1.29, 1.82) is 0 Å². The van der Waals surface area contributed by atoms with Crippen molar-refractivity contribution >= 4 is 23.9 Å². The highest BCUT2D eigenvalue weighted by Crippen LogP contribution is 2.29. The standard InChI is InChI=1S/C29H33FN4O.C2H2O4/c30-27-13-11-26(12-14-27)29(25-8-2-1-3-9-25)34-21-19-33(20-22-34)18-5-4-17-32-28(35)15-10-24-7-6-16-31-23-24;3-1(4)2(5)6/h1-3,6-16,23,29H,4-5,17-22H2,(H,32,35);(H,3,4)(H,5,6)/b15-10+;. The Kier molecular flexibility index (Phi) is 12.6. The van der Waals surface area contributed by atoms with Gasteiger partial charge in [0.1, 0.15) is 5.82 Å². The van der Waals surface area contributed by atoms with Crippen LogP contribution in [0.5, 0.6) is 0 Å². The highest BCUT2D eigenvalue weighted by atomic mass is 19.1. The molecule has 1 aliphatic heterocycles. The van der Waals surface area contributed by atoms with Crippen LogP contribution >= 0.6 is 0 Å². The van der Waals surface area contributed by atoms with Gasteiger partial charge in [-0.2, -0.15) is 0 Å². The van der Waals surface area contributed by atoms with Crippen molar-refractivity contribution in [2.45, 2.75) is 18.9 Å². The number of carbonyl (C=O) groups excluding carboxylic acids is 1. The molecule has 1 aromatic heterocycles. The molecule has 10 heteroatoms. The van der Waals surface area contributed by atoms with Crippen LogP contribution in [0.3, 0.4) is 0 Å². The minimum absolute atomic E-state index is 0.0739. The molecule has 216 valence electrons. The fourth-order valence-electron chi connectivity index (χ4n) is 4.52. The summed E-state index contributed by atoms with van der Waals surface area (Å²) >= 11 is 0. The van der Waals surface area contributed by atoms with Gasteiger partial charge in [0.2, 0.25) is 5.91 Å². The average molecular weight is 563 g/mol. The predicted octanol–water partition coefficient (Wildman–Crippen LogP) is 3.69. The normalized spacial score (nSPS) is 14.6. The molecule has 0 radical (unpaired) electrons. The SMILES string of the molecule is O=C(/C=C/c1cccnc1)NCCCCN1CCN(C(c2ccccc2)c2ccc(F)cc2)CC1.O=C(O)C(=O)O. The molecule has 3 aromatic rings. The highest BCUT2D eigenvalue weighted by Gasteiger charge is 2.26. The van der Waals surface area contributed by atoms with E-state index in [1.54, 1.807) is 36.7 Å². The van der Waals surface area contributed by atoms with Crippen molar-refractivity contribution in [3.8, 4) is 0 Å². The summed E-state index contributed by atoms with van der Waals surface area (Å²) in [5.74, 6) is -3.92. The Hall–Kier alpha value is -4.41. The molecule has 1 saturated heterocycles. The minimum Gasteiger partial charge on any atom is -0.473 e. The summed E-state index contributed by atoms with van der Waals surface area (Å²) in [5.41, 5.74) is 3.27. The number of pyridine rings is 1. The van der Waals surface area contributed by atoms with Crippen LogP contribution in [0.2, 0.25) is 0 Å². The molecular weight excluding hydrogens is 527 g/mol. The Morgan fingerprint density at radius 2 is 1.54 bits per heavy atom. The summed E-state index contributed by atoms with van der Waals surface area (Å²) in [4.78, 5) is 39.2. The molecule has 1 fully saturated rings. The van der Waals surface area contributed by atoms with Gasteiger partial charge in [-0.3, -0.25) is 14.7 Å². The van der Waals surface area contributed by atoms with E-state index in [1.807, 2.05) is 30.3 Å². The average Bonchev–Trinajstić information content (AvgIpc) is 2.99. The third kappa shape index (κ3) is 10.9. The number of unbranched alkanes of at least 4 members (excludes halogenated alkanes) is 1. The molecule has 9 nitrogen and oxygen atoms in total. The van der Waals surface area contributed by atoms with Gasteiger partial charge in [0.15, 0.2) is 0 Å². The van der Waals surface area contributed by atoms with Crippen molar-refractivity contribution < 1.29 is 29.0 Å². The van der Waals surface area contributed by atoms with Crippen LogP contribution in [0.25, 0.3) is 6.08 Å². The Morgan fingerprint density at radius 1 is 0.878 bits per heavy atom. The zero-order valence-corrected chi connectivity index (χ0v) is 22.7. The predicted molar refractivity (Wildman–Crippen MR) is 153 cm³/mol. The zero-order chi connectivity index (χ0) is 29.5. The van der Waals surface area contributed by atoms with Gasteiger partial charge < -0.3 is 20.4 Å². The number of aliphatic carboxylic acids is 2. The van der Waals surface area contributed by atoms with Crippen LogP contribution in [0.15, 0.2) is 85.2 Å². The number of aromatic nitrogens is 1. The van der Waals surface area contributed by atoms with E-state index in [0.29, 0.717) is 6.54 Å². The maximum atomic E-state index is 13.5. The van der Waals surface area contributed by atoms with Crippen LogP contribution < -0.4 is 5.32 Å². The number of nitrogens with zero attached hydrogens (tertiary/aromatic N) is 3. The van der Waals surface area contributed by atoms with Gasteiger partial charge in [-0.05, 0) is 60.4 Å². The van der Waals surface area contributed by atoms with Crippen LogP contribution in [-0.2, 0) is 14.4 Å². The number of amides is 1. The zero-order valence-electron chi connectivity index (χ0n) is 22.7. The van der Waals surface area contributed by atoms with Crippen molar-refractivity contribution in [1.82, 2.24) is 20.1 Å². The number of benzene rings is 2. The van der Waals surface area contributed by atoms with Crippen molar-refractivity contribution in [3.63, 3.8) is 0 Å². The maximum Gasteiger partial charge on any atom is 0.414 e. The molecule has 0 bridgehead atoms. The molecule has 41 heavy (non-hydrogen) atoms. The maximum absolute atomic E-state index is 13.5. The quantitative estimate of drug-likeness (QED) is 0.194. The van der Waals surface area contributed by atoms with Gasteiger partial charge in [0, 0.05) is 51.2 Å². The molecule has 0 saturated carbocycles. The molecule has 1 aliphatic rings. The Balaban J connectivity index is 0.000000696. The van der Waals surface area contributed by atoms with Gasteiger partial charge in [0.05, 0.1) is 6.04 Å². The molecule has 2 aromatic carbocycles. The molecule has 3 N–H and O–H groups in total. The number of rotatable bonds is 10. The number of halogens is 1. The number of piperazine rings is 1. The molecule has 0 aliphatic carbocycles. The summed E-state index contributed by atoms with van der Waals surface area (Å²) in [6.07, 6.45) is 8.77. The van der Waals surface area contributed by atoms with E-state index in [9.17, 15) is 9.18 Å². The van der Waals surface area contributed by atoms with Gasteiger partial charge in [-0.15, -0.1) is 0 Å². The fourth-order valence-corrected chi connectivity index (χ4v) is 4.52. The molecule has 1 amide bonds. The van der Waals surface area contributed by atoms with Crippen molar-refractivity contribution in [2.75, 3.05) is 39.3 Å². The summed E-state index contributed by atoms with van der Waals surface area (Å²) in [6, 6.07) is 21.3.